The monoisotopic (exact) mass is 334 g/mol. The van der Waals surface area contributed by atoms with Gasteiger partial charge in [-0.2, -0.15) is 5.10 Å². The smallest absolute Gasteiger partial charge is 0.310 e. The molecule has 7 nitrogen and oxygen atoms in total. The van der Waals surface area contributed by atoms with Crippen LogP contribution in [-0.2, 0) is 22.6 Å². The first kappa shape index (κ1) is 17.0. The Balaban J connectivity index is 1.70. The molecular formula is C17H26N4O3. The predicted octanol–water partition coefficient (Wildman–Crippen LogP) is 1.13. The Hall–Kier alpha value is -1.89. The van der Waals surface area contributed by atoms with Crippen LogP contribution < -0.4 is 0 Å². The fourth-order valence-electron chi connectivity index (χ4n) is 3.50. The number of aromatic nitrogens is 2. The fraction of sp³-hybridized carbons (Fsp3) is 0.706. The number of fused-ring (bicyclic) bond motifs is 1. The third-order valence-corrected chi connectivity index (χ3v) is 4.75. The molecule has 1 saturated heterocycles. The van der Waals surface area contributed by atoms with Gasteiger partial charge in [0.05, 0.1) is 18.2 Å². The number of rotatable bonds is 3. The van der Waals surface area contributed by atoms with Crippen LogP contribution in [0.15, 0.2) is 6.07 Å². The lowest BCUT2D eigenvalue weighted by molar-refractivity contribution is -0.149. The zero-order valence-corrected chi connectivity index (χ0v) is 14.5. The SMILES string of the molecule is CCOC(=O)[C@H]1CCCN(C(=O)c2cc3n(n2)CCCN(C)C3)C1. The summed E-state index contributed by atoms with van der Waals surface area (Å²) in [6.07, 6.45) is 2.64. The van der Waals surface area contributed by atoms with Crippen LogP contribution >= 0.6 is 0 Å². The second kappa shape index (κ2) is 7.34. The molecule has 0 radical (unpaired) electrons. The first-order valence-electron chi connectivity index (χ1n) is 8.79. The quantitative estimate of drug-likeness (QED) is 0.775. The molecule has 0 aromatic carbocycles. The van der Waals surface area contributed by atoms with E-state index in [2.05, 4.69) is 17.0 Å². The van der Waals surface area contributed by atoms with E-state index < -0.39 is 0 Å². The van der Waals surface area contributed by atoms with Crippen molar-refractivity contribution in [3.8, 4) is 0 Å². The van der Waals surface area contributed by atoms with Crippen LogP contribution in [0.2, 0.25) is 0 Å². The molecular weight excluding hydrogens is 308 g/mol. The van der Waals surface area contributed by atoms with Gasteiger partial charge in [0.15, 0.2) is 5.69 Å². The molecule has 1 aromatic rings. The number of nitrogens with zero attached hydrogens (tertiary/aromatic N) is 4. The van der Waals surface area contributed by atoms with Gasteiger partial charge in [-0.15, -0.1) is 0 Å². The van der Waals surface area contributed by atoms with E-state index in [1.165, 1.54) is 0 Å². The highest BCUT2D eigenvalue weighted by Crippen LogP contribution is 2.21. The molecule has 1 amide bonds. The molecule has 0 spiro atoms. The van der Waals surface area contributed by atoms with Crippen LogP contribution in [-0.4, -0.2) is 64.7 Å². The molecule has 132 valence electrons. The number of carbonyl (C=O) groups is 2. The highest BCUT2D eigenvalue weighted by atomic mass is 16.5. The second-order valence-electron chi connectivity index (χ2n) is 6.68. The molecule has 7 heteroatoms. The summed E-state index contributed by atoms with van der Waals surface area (Å²) < 4.78 is 7.05. The Bertz CT molecular complexity index is 613. The molecule has 1 aromatic heterocycles. The van der Waals surface area contributed by atoms with Gasteiger partial charge in [-0.1, -0.05) is 0 Å². The molecule has 1 fully saturated rings. The van der Waals surface area contributed by atoms with Crippen molar-refractivity contribution < 1.29 is 14.3 Å². The molecule has 3 heterocycles. The summed E-state index contributed by atoms with van der Waals surface area (Å²) in [5.41, 5.74) is 1.57. The number of hydrogen-bond donors (Lipinski definition) is 0. The lowest BCUT2D eigenvalue weighted by atomic mass is 9.98. The lowest BCUT2D eigenvalue weighted by Crippen LogP contribution is -2.43. The van der Waals surface area contributed by atoms with Gasteiger partial charge >= 0.3 is 5.97 Å². The van der Waals surface area contributed by atoms with Crippen molar-refractivity contribution in [3.05, 3.63) is 17.5 Å². The summed E-state index contributed by atoms with van der Waals surface area (Å²) in [7, 11) is 2.08. The Morgan fingerprint density at radius 2 is 2.12 bits per heavy atom. The molecule has 2 aliphatic heterocycles. The highest BCUT2D eigenvalue weighted by Gasteiger charge is 2.31. The highest BCUT2D eigenvalue weighted by molar-refractivity contribution is 5.92. The summed E-state index contributed by atoms with van der Waals surface area (Å²) in [5.74, 6) is -0.487. The minimum Gasteiger partial charge on any atom is -0.466 e. The Morgan fingerprint density at radius 3 is 2.92 bits per heavy atom. The normalized spacial score (nSPS) is 21.9. The molecule has 0 bridgehead atoms. The second-order valence-corrected chi connectivity index (χ2v) is 6.68. The molecule has 0 unspecified atom stereocenters. The molecule has 3 rings (SSSR count). The van der Waals surface area contributed by atoms with E-state index in [-0.39, 0.29) is 17.8 Å². The van der Waals surface area contributed by atoms with E-state index in [0.29, 0.717) is 25.4 Å². The third kappa shape index (κ3) is 3.61. The van der Waals surface area contributed by atoms with Crippen LogP contribution in [0.4, 0.5) is 0 Å². The van der Waals surface area contributed by atoms with E-state index in [0.717, 1.165) is 44.6 Å². The zero-order valence-electron chi connectivity index (χ0n) is 14.5. The Kier molecular flexibility index (Phi) is 5.18. The first-order valence-corrected chi connectivity index (χ1v) is 8.79. The van der Waals surface area contributed by atoms with Gasteiger partial charge in [0.2, 0.25) is 0 Å². The van der Waals surface area contributed by atoms with E-state index in [4.69, 9.17) is 4.74 Å². The van der Waals surface area contributed by atoms with Gasteiger partial charge in [-0.3, -0.25) is 14.3 Å². The Morgan fingerprint density at radius 1 is 1.29 bits per heavy atom. The van der Waals surface area contributed by atoms with Gasteiger partial charge in [0, 0.05) is 32.7 Å². The van der Waals surface area contributed by atoms with Gasteiger partial charge in [-0.25, -0.2) is 0 Å². The number of piperidine rings is 1. The maximum absolute atomic E-state index is 12.8. The van der Waals surface area contributed by atoms with Crippen molar-refractivity contribution in [2.24, 2.45) is 5.92 Å². The van der Waals surface area contributed by atoms with Crippen molar-refractivity contribution in [1.29, 1.82) is 0 Å². The predicted molar refractivity (Wildman–Crippen MR) is 88.4 cm³/mol. The number of carbonyl (C=O) groups excluding carboxylic acids is 2. The van der Waals surface area contributed by atoms with Crippen molar-refractivity contribution in [2.75, 3.05) is 33.3 Å². The zero-order chi connectivity index (χ0) is 17.1. The third-order valence-electron chi connectivity index (χ3n) is 4.75. The number of hydrogen-bond acceptors (Lipinski definition) is 5. The lowest BCUT2D eigenvalue weighted by Gasteiger charge is -2.31. The standard InChI is InChI=1S/C17H26N4O3/c1-3-24-17(23)13-6-4-8-20(11-13)16(22)15-10-14-12-19(2)7-5-9-21(14)18-15/h10,13H,3-9,11-12H2,1-2H3/t13-/m0/s1. The van der Waals surface area contributed by atoms with Crippen molar-refractivity contribution >= 4 is 11.9 Å². The topological polar surface area (TPSA) is 67.7 Å². The minimum atomic E-state index is -0.214. The van der Waals surface area contributed by atoms with Gasteiger partial charge in [0.25, 0.3) is 5.91 Å². The fourth-order valence-corrected chi connectivity index (χ4v) is 3.50. The number of aryl methyl sites for hydroxylation is 1. The number of esters is 1. The summed E-state index contributed by atoms with van der Waals surface area (Å²) in [6, 6.07) is 1.90. The number of amides is 1. The maximum Gasteiger partial charge on any atom is 0.310 e. The summed E-state index contributed by atoms with van der Waals surface area (Å²) in [6.45, 7) is 5.99. The summed E-state index contributed by atoms with van der Waals surface area (Å²) in [4.78, 5) is 28.7. The van der Waals surface area contributed by atoms with Crippen LogP contribution in [0.25, 0.3) is 0 Å². The Labute approximate surface area is 142 Å². The number of likely N-dealkylation sites (tertiary alicyclic amines) is 1. The van der Waals surface area contributed by atoms with E-state index >= 15 is 0 Å². The van der Waals surface area contributed by atoms with E-state index in [9.17, 15) is 9.59 Å². The summed E-state index contributed by atoms with van der Waals surface area (Å²) in [5, 5.41) is 4.51. The van der Waals surface area contributed by atoms with Crippen molar-refractivity contribution in [3.63, 3.8) is 0 Å². The van der Waals surface area contributed by atoms with E-state index in [1.54, 1.807) is 11.8 Å². The van der Waals surface area contributed by atoms with E-state index in [1.807, 2.05) is 10.7 Å². The van der Waals surface area contributed by atoms with Gasteiger partial charge in [-0.05, 0) is 39.3 Å². The number of ether oxygens (including phenoxy) is 1. The molecule has 0 aliphatic carbocycles. The van der Waals surface area contributed by atoms with Crippen LogP contribution in [0.3, 0.4) is 0 Å². The average Bonchev–Trinajstić information content (AvgIpc) is 2.89. The van der Waals surface area contributed by atoms with Crippen molar-refractivity contribution in [1.82, 2.24) is 19.6 Å². The molecule has 2 aliphatic rings. The summed E-state index contributed by atoms with van der Waals surface area (Å²) >= 11 is 0. The van der Waals surface area contributed by atoms with Gasteiger partial charge < -0.3 is 14.5 Å². The van der Waals surface area contributed by atoms with Gasteiger partial charge in [0.1, 0.15) is 0 Å². The van der Waals surface area contributed by atoms with Crippen LogP contribution in [0.5, 0.6) is 0 Å². The average molecular weight is 334 g/mol. The molecule has 0 saturated carbocycles. The molecule has 24 heavy (non-hydrogen) atoms. The van der Waals surface area contributed by atoms with Crippen molar-refractivity contribution in [2.45, 2.75) is 39.3 Å². The first-order chi connectivity index (χ1) is 11.6. The maximum atomic E-state index is 12.8. The van der Waals surface area contributed by atoms with Crippen LogP contribution in [0, 0.1) is 5.92 Å². The largest absolute Gasteiger partial charge is 0.466 e. The molecule has 1 atom stereocenters. The van der Waals surface area contributed by atoms with Crippen LogP contribution in [0.1, 0.15) is 42.4 Å². The molecule has 0 N–H and O–H groups in total. The minimum absolute atomic E-state index is 0.0766.